The number of imide groups is 1. The average molecular weight is 326 g/mol. The van der Waals surface area contributed by atoms with E-state index < -0.39 is 17.7 Å². The molecule has 7 nitrogen and oxygen atoms in total. The lowest BCUT2D eigenvalue weighted by Gasteiger charge is -2.13. The lowest BCUT2D eigenvalue weighted by molar-refractivity contribution is -0.135. The fourth-order valence-corrected chi connectivity index (χ4v) is 1.90. The zero-order chi connectivity index (χ0) is 17.7. The molecule has 0 bridgehead atoms. The van der Waals surface area contributed by atoms with Gasteiger partial charge < -0.3 is 16.0 Å². The molecule has 3 amide bonds. The minimum Gasteiger partial charge on any atom is -0.399 e. The maximum atomic E-state index is 11.9. The number of amides is 3. The Kier molecular flexibility index (Phi) is 5.16. The summed E-state index contributed by atoms with van der Waals surface area (Å²) in [7, 11) is 3.79. The first-order valence-electron chi connectivity index (χ1n) is 7.16. The summed E-state index contributed by atoms with van der Waals surface area (Å²) in [5.41, 5.74) is 7.67. The van der Waals surface area contributed by atoms with Crippen LogP contribution in [0.15, 0.2) is 48.5 Å². The highest BCUT2D eigenvalue weighted by atomic mass is 16.2. The largest absolute Gasteiger partial charge is 0.399 e. The summed E-state index contributed by atoms with van der Waals surface area (Å²) in [4.78, 5) is 37.4. The summed E-state index contributed by atoms with van der Waals surface area (Å²) in [6.45, 7) is 0. The zero-order valence-corrected chi connectivity index (χ0v) is 13.4. The van der Waals surface area contributed by atoms with E-state index in [-0.39, 0.29) is 5.56 Å². The molecule has 0 aromatic heterocycles. The lowest BCUT2D eigenvalue weighted by atomic mass is 10.2. The van der Waals surface area contributed by atoms with Gasteiger partial charge in [-0.25, -0.2) is 0 Å². The summed E-state index contributed by atoms with van der Waals surface area (Å²) in [6, 6.07) is 12.9. The SMILES string of the molecule is CN(C)c1ccc(NC(=O)C(=O)NC(=O)c2ccc(N)cc2)cc1. The molecule has 0 unspecified atom stereocenters. The molecule has 4 N–H and O–H groups in total. The standard InChI is InChI=1S/C17H18N4O3/c1-21(2)14-9-7-13(8-10-14)19-16(23)17(24)20-15(22)11-3-5-12(18)6-4-11/h3-10H,18H2,1-2H3,(H,19,23)(H,20,22,24). The van der Waals surface area contributed by atoms with E-state index >= 15 is 0 Å². The van der Waals surface area contributed by atoms with Crippen LogP contribution in [0.3, 0.4) is 0 Å². The molecular formula is C17H18N4O3. The van der Waals surface area contributed by atoms with Gasteiger partial charge >= 0.3 is 11.8 Å². The predicted molar refractivity (Wildman–Crippen MR) is 92.7 cm³/mol. The van der Waals surface area contributed by atoms with Crippen LogP contribution in [0.4, 0.5) is 17.1 Å². The van der Waals surface area contributed by atoms with E-state index in [1.807, 2.05) is 24.3 Å². The first-order valence-corrected chi connectivity index (χ1v) is 7.16. The summed E-state index contributed by atoms with van der Waals surface area (Å²) in [5, 5.41) is 4.46. The summed E-state index contributed by atoms with van der Waals surface area (Å²) < 4.78 is 0. The van der Waals surface area contributed by atoms with Crippen LogP contribution in [-0.4, -0.2) is 31.8 Å². The van der Waals surface area contributed by atoms with Gasteiger partial charge in [0.05, 0.1) is 0 Å². The maximum Gasteiger partial charge on any atom is 0.316 e. The molecule has 24 heavy (non-hydrogen) atoms. The second-order valence-electron chi connectivity index (χ2n) is 5.30. The van der Waals surface area contributed by atoms with E-state index in [9.17, 15) is 14.4 Å². The molecule has 2 rings (SSSR count). The Labute approximate surface area is 139 Å². The third-order valence-corrected chi connectivity index (χ3v) is 3.25. The van der Waals surface area contributed by atoms with Crippen molar-refractivity contribution < 1.29 is 14.4 Å². The molecule has 0 heterocycles. The quantitative estimate of drug-likeness (QED) is 0.581. The highest BCUT2D eigenvalue weighted by Crippen LogP contribution is 2.15. The number of hydrogen-bond acceptors (Lipinski definition) is 5. The Hall–Kier alpha value is -3.35. The molecule has 2 aromatic carbocycles. The number of nitrogen functional groups attached to an aromatic ring is 1. The molecule has 124 valence electrons. The van der Waals surface area contributed by atoms with Crippen molar-refractivity contribution >= 4 is 34.8 Å². The van der Waals surface area contributed by atoms with E-state index in [1.165, 1.54) is 24.3 Å². The highest BCUT2D eigenvalue weighted by molar-refractivity contribution is 6.42. The predicted octanol–water partition coefficient (Wildman–Crippen LogP) is 1.23. The van der Waals surface area contributed by atoms with Gasteiger partial charge in [-0.3, -0.25) is 19.7 Å². The van der Waals surface area contributed by atoms with Crippen molar-refractivity contribution in [1.29, 1.82) is 0 Å². The normalized spacial score (nSPS) is 9.92. The van der Waals surface area contributed by atoms with Crippen LogP contribution in [0.25, 0.3) is 0 Å². The number of nitrogens with zero attached hydrogens (tertiary/aromatic N) is 1. The smallest absolute Gasteiger partial charge is 0.316 e. The van der Waals surface area contributed by atoms with Crippen molar-refractivity contribution in [2.24, 2.45) is 0 Å². The van der Waals surface area contributed by atoms with Gasteiger partial charge in [0.1, 0.15) is 0 Å². The third kappa shape index (κ3) is 4.33. The summed E-state index contributed by atoms with van der Waals surface area (Å²) in [6.07, 6.45) is 0. The van der Waals surface area contributed by atoms with Crippen LogP contribution in [-0.2, 0) is 9.59 Å². The van der Waals surface area contributed by atoms with Gasteiger partial charge in [0, 0.05) is 36.7 Å². The molecule has 7 heteroatoms. The van der Waals surface area contributed by atoms with Gasteiger partial charge in [0.25, 0.3) is 5.91 Å². The summed E-state index contributed by atoms with van der Waals surface area (Å²) in [5.74, 6) is -2.62. The first-order chi connectivity index (χ1) is 11.4. The topological polar surface area (TPSA) is 105 Å². The minimum absolute atomic E-state index is 0.237. The second-order valence-corrected chi connectivity index (χ2v) is 5.30. The third-order valence-electron chi connectivity index (χ3n) is 3.25. The number of carbonyl (C=O) groups excluding carboxylic acids is 3. The van der Waals surface area contributed by atoms with Gasteiger partial charge in [0.15, 0.2) is 0 Å². The van der Waals surface area contributed by atoms with E-state index in [0.717, 1.165) is 5.69 Å². The van der Waals surface area contributed by atoms with Crippen molar-refractivity contribution in [3.63, 3.8) is 0 Å². The first kappa shape index (κ1) is 17.0. The van der Waals surface area contributed by atoms with Crippen LogP contribution in [0, 0.1) is 0 Å². The molecule has 2 aromatic rings. The molecule has 0 saturated heterocycles. The van der Waals surface area contributed by atoms with Crippen molar-refractivity contribution in [2.75, 3.05) is 30.0 Å². The summed E-state index contributed by atoms with van der Waals surface area (Å²) >= 11 is 0. The van der Waals surface area contributed by atoms with E-state index in [0.29, 0.717) is 11.4 Å². The lowest BCUT2D eigenvalue weighted by Crippen LogP contribution is -2.39. The molecule has 0 radical (unpaired) electrons. The van der Waals surface area contributed by atoms with Gasteiger partial charge in [-0.2, -0.15) is 0 Å². The average Bonchev–Trinajstić information content (AvgIpc) is 2.55. The molecule has 0 aliphatic heterocycles. The number of nitrogens with one attached hydrogen (secondary N) is 2. The van der Waals surface area contributed by atoms with Gasteiger partial charge in [0.2, 0.25) is 0 Å². The molecular weight excluding hydrogens is 308 g/mol. The Morgan fingerprint density at radius 2 is 1.46 bits per heavy atom. The van der Waals surface area contributed by atoms with Crippen LogP contribution in [0.5, 0.6) is 0 Å². The molecule has 0 aliphatic carbocycles. The van der Waals surface area contributed by atoms with Crippen molar-refractivity contribution in [3.8, 4) is 0 Å². The van der Waals surface area contributed by atoms with E-state index in [2.05, 4.69) is 5.32 Å². The number of nitrogens with two attached hydrogens (primary N) is 1. The van der Waals surface area contributed by atoms with Gasteiger partial charge in [-0.05, 0) is 48.5 Å². The molecule has 0 atom stereocenters. The maximum absolute atomic E-state index is 11.9. The van der Waals surface area contributed by atoms with Crippen LogP contribution in [0.2, 0.25) is 0 Å². The fraction of sp³-hybridized carbons (Fsp3) is 0.118. The number of hydrogen-bond donors (Lipinski definition) is 3. The van der Waals surface area contributed by atoms with E-state index in [1.54, 1.807) is 24.3 Å². The Morgan fingerprint density at radius 1 is 0.875 bits per heavy atom. The number of rotatable bonds is 3. The number of benzene rings is 2. The molecule has 0 aliphatic rings. The van der Waals surface area contributed by atoms with Gasteiger partial charge in [-0.15, -0.1) is 0 Å². The molecule has 0 fully saturated rings. The van der Waals surface area contributed by atoms with Crippen LogP contribution < -0.4 is 21.3 Å². The number of carbonyl (C=O) groups is 3. The number of anilines is 3. The second kappa shape index (κ2) is 7.28. The molecule has 0 saturated carbocycles. The van der Waals surface area contributed by atoms with Crippen LogP contribution >= 0.6 is 0 Å². The Morgan fingerprint density at radius 3 is 2.00 bits per heavy atom. The highest BCUT2D eigenvalue weighted by Gasteiger charge is 2.18. The monoisotopic (exact) mass is 326 g/mol. The Bertz CT molecular complexity index is 752. The van der Waals surface area contributed by atoms with E-state index in [4.69, 9.17) is 5.73 Å². The molecule has 0 spiro atoms. The van der Waals surface area contributed by atoms with Crippen molar-refractivity contribution in [3.05, 3.63) is 54.1 Å². The minimum atomic E-state index is -1.03. The van der Waals surface area contributed by atoms with Crippen LogP contribution in [0.1, 0.15) is 10.4 Å². The fourth-order valence-electron chi connectivity index (χ4n) is 1.90. The van der Waals surface area contributed by atoms with Crippen molar-refractivity contribution in [1.82, 2.24) is 5.32 Å². The zero-order valence-electron chi connectivity index (χ0n) is 13.4. The Balaban J connectivity index is 1.95. The van der Waals surface area contributed by atoms with Gasteiger partial charge in [-0.1, -0.05) is 0 Å². The van der Waals surface area contributed by atoms with Crippen molar-refractivity contribution in [2.45, 2.75) is 0 Å².